The van der Waals surface area contributed by atoms with Crippen molar-refractivity contribution in [3.8, 4) is 5.75 Å². The number of hydrogen-bond donors (Lipinski definition) is 0. The number of amides is 1. The molecule has 0 atom stereocenters. The van der Waals surface area contributed by atoms with Gasteiger partial charge < -0.3 is 9.64 Å². The summed E-state index contributed by atoms with van der Waals surface area (Å²) in [6, 6.07) is 13.9. The lowest BCUT2D eigenvalue weighted by atomic mass is 10.1. The van der Waals surface area contributed by atoms with E-state index in [1.54, 1.807) is 4.90 Å². The predicted octanol–water partition coefficient (Wildman–Crippen LogP) is 5.23. The van der Waals surface area contributed by atoms with E-state index in [-0.39, 0.29) is 11.3 Å². The van der Waals surface area contributed by atoms with Crippen molar-refractivity contribution in [3.05, 3.63) is 80.5 Å². The molecule has 0 radical (unpaired) electrons. The van der Waals surface area contributed by atoms with Gasteiger partial charge in [0.2, 0.25) is 0 Å². The van der Waals surface area contributed by atoms with E-state index in [4.69, 9.17) is 4.74 Å². The van der Waals surface area contributed by atoms with Gasteiger partial charge in [-0.3, -0.25) is 14.9 Å². The quantitative estimate of drug-likeness (QED) is 0.301. The predicted molar refractivity (Wildman–Crippen MR) is 113 cm³/mol. The number of benzene rings is 2. The molecule has 0 aliphatic heterocycles. The first-order chi connectivity index (χ1) is 13.5. The molecule has 0 spiro atoms. The van der Waals surface area contributed by atoms with Gasteiger partial charge in [-0.2, -0.15) is 11.3 Å². The first-order valence-corrected chi connectivity index (χ1v) is 10.5. The maximum Gasteiger partial charge on any atom is 0.285 e. The van der Waals surface area contributed by atoms with Crippen molar-refractivity contribution in [2.75, 3.05) is 18.3 Å². The van der Waals surface area contributed by atoms with Crippen molar-refractivity contribution in [1.29, 1.82) is 0 Å². The largest absolute Gasteiger partial charge is 0.495 e. The minimum Gasteiger partial charge on any atom is -0.495 e. The number of nitro groups is 1. The number of carbonyl (C=O) groups excluding carboxylic acids is 1. The van der Waals surface area contributed by atoms with Gasteiger partial charge in [-0.15, -0.1) is 11.8 Å². The van der Waals surface area contributed by atoms with Gasteiger partial charge in [0.1, 0.15) is 11.3 Å². The molecule has 8 heteroatoms. The third kappa shape index (κ3) is 4.18. The van der Waals surface area contributed by atoms with Crippen molar-refractivity contribution in [2.45, 2.75) is 11.4 Å². The minimum absolute atomic E-state index is 0.0363. The molecule has 0 aliphatic carbocycles. The zero-order valence-corrected chi connectivity index (χ0v) is 17.0. The Hall–Kier alpha value is -2.84. The molecule has 6 nitrogen and oxygen atoms in total. The topological polar surface area (TPSA) is 72.7 Å². The maximum atomic E-state index is 13.4. The highest BCUT2D eigenvalue weighted by atomic mass is 32.2. The third-order valence-electron chi connectivity index (χ3n) is 4.16. The second-order valence-electron chi connectivity index (χ2n) is 5.84. The fraction of sp³-hybridized carbons (Fsp3) is 0.150. The average molecular weight is 415 g/mol. The van der Waals surface area contributed by atoms with Crippen LogP contribution in [0.5, 0.6) is 5.75 Å². The lowest BCUT2D eigenvalue weighted by Crippen LogP contribution is -2.30. The minimum atomic E-state index is -0.548. The molecule has 1 amide bonds. The molecule has 3 rings (SSSR count). The van der Waals surface area contributed by atoms with E-state index < -0.39 is 10.8 Å². The van der Waals surface area contributed by atoms with Crippen molar-refractivity contribution >= 4 is 40.4 Å². The fourth-order valence-electron chi connectivity index (χ4n) is 2.79. The summed E-state index contributed by atoms with van der Waals surface area (Å²) in [6.45, 7) is 0.324. The summed E-state index contributed by atoms with van der Waals surface area (Å²) < 4.78 is 5.24. The summed E-state index contributed by atoms with van der Waals surface area (Å²) in [5.41, 5.74) is 1.40. The Labute approximate surface area is 170 Å². The molecule has 0 saturated carbocycles. The Morgan fingerprint density at radius 3 is 2.57 bits per heavy atom. The fourth-order valence-corrected chi connectivity index (χ4v) is 4.03. The van der Waals surface area contributed by atoms with E-state index in [1.807, 2.05) is 53.4 Å². The molecule has 144 valence electrons. The van der Waals surface area contributed by atoms with E-state index in [0.29, 0.717) is 22.9 Å². The normalized spacial score (nSPS) is 10.5. The third-order valence-corrected chi connectivity index (χ3v) is 5.65. The number of ether oxygens (including phenoxy) is 1. The van der Waals surface area contributed by atoms with Crippen LogP contribution in [0.4, 0.5) is 11.4 Å². The lowest BCUT2D eigenvalue weighted by molar-refractivity contribution is -0.385. The summed E-state index contributed by atoms with van der Waals surface area (Å²) in [4.78, 5) is 26.8. The van der Waals surface area contributed by atoms with Gasteiger partial charge in [0.15, 0.2) is 0 Å². The first kappa shape index (κ1) is 19.9. The van der Waals surface area contributed by atoms with Crippen LogP contribution in [0, 0.1) is 10.1 Å². The monoisotopic (exact) mass is 414 g/mol. The van der Waals surface area contributed by atoms with Gasteiger partial charge in [-0.1, -0.05) is 18.2 Å². The van der Waals surface area contributed by atoms with Crippen LogP contribution in [-0.2, 0) is 6.54 Å². The molecule has 0 fully saturated rings. The van der Waals surface area contributed by atoms with Gasteiger partial charge in [-0.25, -0.2) is 0 Å². The number of nitro benzene ring substituents is 1. The van der Waals surface area contributed by atoms with Gasteiger partial charge in [-0.05, 0) is 46.8 Å². The van der Waals surface area contributed by atoms with Crippen LogP contribution in [0.15, 0.2) is 64.2 Å². The summed E-state index contributed by atoms with van der Waals surface area (Å²) in [5, 5.41) is 15.5. The van der Waals surface area contributed by atoms with Crippen LogP contribution in [0.3, 0.4) is 0 Å². The first-order valence-electron chi connectivity index (χ1n) is 8.33. The Morgan fingerprint density at radius 2 is 2.00 bits per heavy atom. The number of anilines is 1. The summed E-state index contributed by atoms with van der Waals surface area (Å²) in [5.74, 6) is -0.0538. The van der Waals surface area contributed by atoms with Gasteiger partial charge in [0, 0.05) is 5.69 Å². The molecular weight excluding hydrogens is 396 g/mol. The Balaban J connectivity index is 2.11. The molecule has 0 saturated heterocycles. The van der Waals surface area contributed by atoms with Crippen molar-refractivity contribution in [1.82, 2.24) is 0 Å². The SMILES string of the molecule is COc1cc([N+](=O)[O-])c(C(=O)N(Cc2ccsc2)c2ccccc2)cc1SC. The Morgan fingerprint density at radius 1 is 1.25 bits per heavy atom. The molecule has 28 heavy (non-hydrogen) atoms. The molecule has 0 bridgehead atoms. The number of methoxy groups -OCH3 is 1. The standard InChI is InChI=1S/C20H18N2O4S2/c1-26-18-11-17(22(24)25)16(10-19(18)27-2)20(23)21(12-14-8-9-28-13-14)15-6-4-3-5-7-15/h3-11,13H,12H2,1-2H3. The number of rotatable bonds is 7. The Bertz CT molecular complexity index is 975. The maximum absolute atomic E-state index is 13.4. The molecule has 2 aromatic carbocycles. The van der Waals surface area contributed by atoms with Crippen LogP contribution in [-0.4, -0.2) is 24.2 Å². The number of nitrogens with zero attached hydrogens (tertiary/aromatic N) is 2. The highest BCUT2D eigenvalue weighted by molar-refractivity contribution is 7.98. The van der Waals surface area contributed by atoms with Crippen LogP contribution < -0.4 is 9.64 Å². The molecule has 1 aromatic heterocycles. The molecule has 1 heterocycles. The number of hydrogen-bond acceptors (Lipinski definition) is 6. The molecule has 0 N–H and O–H groups in total. The Kier molecular flexibility index (Phi) is 6.33. The molecule has 0 unspecified atom stereocenters. The average Bonchev–Trinajstić information content (AvgIpc) is 3.24. The second-order valence-corrected chi connectivity index (χ2v) is 7.47. The zero-order valence-electron chi connectivity index (χ0n) is 15.3. The highest BCUT2D eigenvalue weighted by Gasteiger charge is 2.28. The van der Waals surface area contributed by atoms with Crippen molar-refractivity contribution < 1.29 is 14.5 Å². The number of para-hydroxylation sites is 1. The number of carbonyl (C=O) groups is 1. The smallest absolute Gasteiger partial charge is 0.285 e. The van der Waals surface area contributed by atoms with E-state index in [2.05, 4.69) is 0 Å². The lowest BCUT2D eigenvalue weighted by Gasteiger charge is -2.23. The van der Waals surface area contributed by atoms with E-state index in [9.17, 15) is 14.9 Å². The highest BCUT2D eigenvalue weighted by Crippen LogP contribution is 2.36. The molecule has 0 aliphatic rings. The second kappa shape index (κ2) is 8.90. The van der Waals surface area contributed by atoms with E-state index in [1.165, 1.54) is 42.3 Å². The van der Waals surface area contributed by atoms with Crippen molar-refractivity contribution in [2.24, 2.45) is 0 Å². The van der Waals surface area contributed by atoms with Gasteiger partial charge in [0.05, 0.1) is 29.5 Å². The van der Waals surface area contributed by atoms with E-state index >= 15 is 0 Å². The summed E-state index contributed by atoms with van der Waals surface area (Å²) >= 11 is 2.91. The number of thiophene rings is 1. The van der Waals surface area contributed by atoms with Crippen LogP contribution in [0.2, 0.25) is 0 Å². The van der Waals surface area contributed by atoms with Crippen LogP contribution >= 0.6 is 23.1 Å². The molecule has 3 aromatic rings. The summed E-state index contributed by atoms with van der Waals surface area (Å²) in [7, 11) is 1.45. The van der Waals surface area contributed by atoms with Crippen LogP contribution in [0.25, 0.3) is 0 Å². The van der Waals surface area contributed by atoms with Crippen molar-refractivity contribution in [3.63, 3.8) is 0 Å². The number of thioether (sulfide) groups is 1. The van der Waals surface area contributed by atoms with Gasteiger partial charge in [0.25, 0.3) is 11.6 Å². The zero-order chi connectivity index (χ0) is 20.1. The molecular formula is C20H18N2O4S2. The van der Waals surface area contributed by atoms with Gasteiger partial charge >= 0.3 is 0 Å². The summed E-state index contributed by atoms with van der Waals surface area (Å²) in [6.07, 6.45) is 1.83. The van der Waals surface area contributed by atoms with E-state index in [0.717, 1.165) is 5.56 Å². The van der Waals surface area contributed by atoms with Crippen LogP contribution in [0.1, 0.15) is 15.9 Å².